The summed E-state index contributed by atoms with van der Waals surface area (Å²) in [6.07, 6.45) is 5.05. The van der Waals surface area contributed by atoms with Crippen molar-refractivity contribution in [3.8, 4) is 0 Å². The normalized spacial score (nSPS) is 15.6. The quantitative estimate of drug-likeness (QED) is 0.594. The molecule has 0 spiro atoms. The third-order valence-electron chi connectivity index (χ3n) is 3.29. The number of hydrogen-bond acceptors (Lipinski definition) is 2. The highest BCUT2D eigenvalue weighted by Crippen LogP contribution is 2.10. The Kier molecular flexibility index (Phi) is 9.12. The Bertz CT molecular complexity index is 136. The summed E-state index contributed by atoms with van der Waals surface area (Å²) < 4.78 is 0. The highest BCUT2D eigenvalue weighted by atomic mass is 15.2. The molecule has 0 aromatic heterocycles. The van der Waals surface area contributed by atoms with E-state index in [2.05, 4.69) is 45.0 Å². The van der Waals surface area contributed by atoms with Crippen molar-refractivity contribution in [2.75, 3.05) is 20.1 Å². The maximum Gasteiger partial charge on any atom is 0.0220 e. The first-order valence-electron chi connectivity index (χ1n) is 6.59. The molecule has 2 heteroatoms. The molecule has 0 aliphatic carbocycles. The van der Waals surface area contributed by atoms with E-state index in [-0.39, 0.29) is 0 Å². The number of rotatable bonds is 9. The number of hydrogen-bond donors (Lipinski definition) is 1. The Balaban J connectivity index is 3.99. The van der Waals surface area contributed by atoms with Gasteiger partial charge >= 0.3 is 0 Å². The second kappa shape index (κ2) is 9.17. The predicted molar refractivity (Wildman–Crippen MR) is 69.4 cm³/mol. The largest absolute Gasteiger partial charge is 0.315 e. The topological polar surface area (TPSA) is 15.3 Å². The Morgan fingerprint density at radius 1 is 1.13 bits per heavy atom. The van der Waals surface area contributed by atoms with E-state index in [4.69, 9.17) is 0 Å². The average molecular weight is 214 g/mol. The van der Waals surface area contributed by atoms with Crippen molar-refractivity contribution >= 4 is 0 Å². The van der Waals surface area contributed by atoms with Gasteiger partial charge in [-0.3, -0.25) is 4.90 Å². The van der Waals surface area contributed by atoms with E-state index in [9.17, 15) is 0 Å². The van der Waals surface area contributed by atoms with Gasteiger partial charge in [-0.2, -0.15) is 0 Å². The molecular weight excluding hydrogens is 184 g/mol. The van der Waals surface area contributed by atoms with Crippen LogP contribution in [0.1, 0.15) is 53.4 Å². The Morgan fingerprint density at radius 3 is 2.27 bits per heavy atom. The number of nitrogens with one attached hydrogen (secondary N) is 1. The molecule has 0 rings (SSSR count). The molecule has 1 N–H and O–H groups in total. The zero-order valence-corrected chi connectivity index (χ0v) is 11.3. The summed E-state index contributed by atoms with van der Waals surface area (Å²) in [7, 11) is 2.27. The van der Waals surface area contributed by atoms with Crippen molar-refractivity contribution in [1.29, 1.82) is 0 Å². The maximum absolute atomic E-state index is 3.54. The monoisotopic (exact) mass is 214 g/mol. The highest BCUT2D eigenvalue weighted by Gasteiger charge is 2.17. The molecule has 0 saturated heterocycles. The van der Waals surface area contributed by atoms with Crippen LogP contribution in [0.25, 0.3) is 0 Å². The van der Waals surface area contributed by atoms with E-state index >= 15 is 0 Å². The van der Waals surface area contributed by atoms with Crippen LogP contribution in [0.2, 0.25) is 0 Å². The average Bonchev–Trinajstić information content (AvgIpc) is 2.26. The zero-order valence-electron chi connectivity index (χ0n) is 11.3. The van der Waals surface area contributed by atoms with Gasteiger partial charge in [0.25, 0.3) is 0 Å². The summed E-state index contributed by atoms with van der Waals surface area (Å²) in [6.45, 7) is 11.4. The fourth-order valence-corrected chi connectivity index (χ4v) is 1.88. The summed E-state index contributed by atoms with van der Waals surface area (Å²) >= 11 is 0. The number of likely N-dealkylation sites (N-methyl/N-ethyl adjacent to an activating group) is 1. The molecule has 0 aromatic carbocycles. The van der Waals surface area contributed by atoms with Gasteiger partial charge < -0.3 is 5.32 Å². The molecule has 0 saturated carbocycles. The molecule has 15 heavy (non-hydrogen) atoms. The summed E-state index contributed by atoms with van der Waals surface area (Å²) in [5.41, 5.74) is 0. The third-order valence-corrected chi connectivity index (χ3v) is 3.29. The molecule has 0 aliphatic heterocycles. The van der Waals surface area contributed by atoms with Gasteiger partial charge in [0.1, 0.15) is 0 Å². The summed E-state index contributed by atoms with van der Waals surface area (Å²) in [5, 5.41) is 3.54. The summed E-state index contributed by atoms with van der Waals surface area (Å²) in [4.78, 5) is 2.53. The smallest absolute Gasteiger partial charge is 0.0220 e. The van der Waals surface area contributed by atoms with Crippen LogP contribution in [0.4, 0.5) is 0 Å². The van der Waals surface area contributed by atoms with Crippen molar-refractivity contribution in [2.45, 2.75) is 65.5 Å². The van der Waals surface area contributed by atoms with E-state index in [0.29, 0.717) is 12.1 Å². The van der Waals surface area contributed by atoms with E-state index in [0.717, 1.165) is 13.1 Å². The zero-order chi connectivity index (χ0) is 11.7. The van der Waals surface area contributed by atoms with Crippen molar-refractivity contribution in [1.82, 2.24) is 10.2 Å². The van der Waals surface area contributed by atoms with Gasteiger partial charge in [0.15, 0.2) is 0 Å². The van der Waals surface area contributed by atoms with Gasteiger partial charge in [0.05, 0.1) is 0 Å². The lowest BCUT2D eigenvalue weighted by Gasteiger charge is -2.33. The fourth-order valence-electron chi connectivity index (χ4n) is 1.88. The van der Waals surface area contributed by atoms with Crippen LogP contribution in [0.15, 0.2) is 0 Å². The molecule has 2 nitrogen and oxygen atoms in total. The first-order chi connectivity index (χ1) is 7.17. The van der Waals surface area contributed by atoms with Crippen molar-refractivity contribution in [3.63, 3.8) is 0 Å². The lowest BCUT2D eigenvalue weighted by Crippen LogP contribution is -2.44. The molecule has 0 amide bonds. The molecule has 2 atom stereocenters. The van der Waals surface area contributed by atoms with Crippen LogP contribution < -0.4 is 5.32 Å². The Labute approximate surface area is 96.4 Å². The Morgan fingerprint density at radius 2 is 1.80 bits per heavy atom. The summed E-state index contributed by atoms with van der Waals surface area (Å²) in [5.74, 6) is 0. The standard InChI is InChI=1S/C13H30N2/c1-6-9-13(11-14-10-7-2)15(5)12(4)8-3/h12-14H,6-11H2,1-5H3. The molecule has 0 aliphatic rings. The molecule has 0 aromatic rings. The first-order valence-corrected chi connectivity index (χ1v) is 6.59. The third kappa shape index (κ3) is 6.16. The molecule has 0 bridgehead atoms. The summed E-state index contributed by atoms with van der Waals surface area (Å²) in [6, 6.07) is 1.40. The van der Waals surface area contributed by atoms with Crippen molar-refractivity contribution < 1.29 is 0 Å². The minimum atomic E-state index is 0.699. The van der Waals surface area contributed by atoms with Crippen LogP contribution >= 0.6 is 0 Å². The minimum Gasteiger partial charge on any atom is -0.315 e. The van der Waals surface area contributed by atoms with Crippen LogP contribution in [0.5, 0.6) is 0 Å². The lowest BCUT2D eigenvalue weighted by atomic mass is 10.1. The van der Waals surface area contributed by atoms with E-state index in [1.807, 2.05) is 0 Å². The SMILES string of the molecule is CCCNCC(CCC)N(C)C(C)CC. The van der Waals surface area contributed by atoms with Gasteiger partial charge in [0.2, 0.25) is 0 Å². The van der Waals surface area contributed by atoms with E-state index in [1.165, 1.54) is 25.7 Å². The number of nitrogens with zero attached hydrogens (tertiary/aromatic N) is 1. The van der Waals surface area contributed by atoms with Crippen molar-refractivity contribution in [3.05, 3.63) is 0 Å². The predicted octanol–water partition coefficient (Wildman–Crippen LogP) is 2.89. The molecule has 92 valence electrons. The molecule has 0 fully saturated rings. The minimum absolute atomic E-state index is 0.699. The van der Waals surface area contributed by atoms with Crippen LogP contribution in [-0.4, -0.2) is 37.1 Å². The van der Waals surface area contributed by atoms with Gasteiger partial charge in [-0.15, -0.1) is 0 Å². The second-order valence-electron chi connectivity index (χ2n) is 4.57. The van der Waals surface area contributed by atoms with E-state index < -0.39 is 0 Å². The van der Waals surface area contributed by atoms with Gasteiger partial charge in [-0.05, 0) is 39.8 Å². The van der Waals surface area contributed by atoms with E-state index in [1.54, 1.807) is 0 Å². The molecule has 2 unspecified atom stereocenters. The van der Waals surface area contributed by atoms with Gasteiger partial charge in [-0.1, -0.05) is 27.2 Å². The second-order valence-corrected chi connectivity index (χ2v) is 4.57. The first kappa shape index (κ1) is 14.9. The molecular formula is C13H30N2. The fraction of sp³-hybridized carbons (Fsp3) is 1.00. The van der Waals surface area contributed by atoms with Crippen LogP contribution in [-0.2, 0) is 0 Å². The Hall–Kier alpha value is -0.0800. The molecule has 0 heterocycles. The molecule has 0 radical (unpaired) electrons. The highest BCUT2D eigenvalue weighted by molar-refractivity contribution is 4.74. The lowest BCUT2D eigenvalue weighted by molar-refractivity contribution is 0.166. The van der Waals surface area contributed by atoms with Gasteiger partial charge in [0, 0.05) is 18.6 Å². The van der Waals surface area contributed by atoms with Crippen molar-refractivity contribution in [2.24, 2.45) is 0 Å². The maximum atomic E-state index is 3.54. The van der Waals surface area contributed by atoms with Crippen LogP contribution in [0, 0.1) is 0 Å². The van der Waals surface area contributed by atoms with Crippen LogP contribution in [0.3, 0.4) is 0 Å². The van der Waals surface area contributed by atoms with Gasteiger partial charge in [-0.25, -0.2) is 0 Å².